The van der Waals surface area contributed by atoms with Crippen molar-refractivity contribution >= 4 is 29.0 Å². The Morgan fingerprint density at radius 2 is 1.32 bits per heavy atom. The van der Waals surface area contributed by atoms with Crippen LogP contribution in [0, 0.1) is 34.5 Å². The van der Waals surface area contributed by atoms with Crippen LogP contribution < -0.4 is 0 Å². The molecule has 1 nitrogen and oxygen atoms in total. The van der Waals surface area contributed by atoms with Crippen LogP contribution in [0.1, 0.15) is 53.4 Å². The maximum atomic E-state index is 11.2. The van der Waals surface area contributed by atoms with Gasteiger partial charge in [0, 0.05) is 6.42 Å². The Morgan fingerprint density at radius 3 is 1.77 bits per heavy atom. The second-order valence-corrected chi connectivity index (χ2v) is 10.1. The van der Waals surface area contributed by atoms with Crippen molar-refractivity contribution in [3.8, 4) is 0 Å². The summed E-state index contributed by atoms with van der Waals surface area (Å²) in [5.74, 6) is 3.41. The number of carbonyl (C=O) groups excluding carboxylic acids is 1. The van der Waals surface area contributed by atoms with Crippen LogP contribution in [-0.2, 0) is 4.79 Å². The predicted octanol–water partition coefficient (Wildman–Crippen LogP) is 5.44. The van der Waals surface area contributed by atoms with Crippen LogP contribution in [0.15, 0.2) is 12.2 Å². The highest BCUT2D eigenvalue weighted by Gasteiger charge is 2.61. The van der Waals surface area contributed by atoms with Gasteiger partial charge in [-0.2, -0.15) is 0 Å². The van der Waals surface area contributed by atoms with E-state index in [1.165, 1.54) is 12.0 Å². The molecule has 4 aliphatic rings. The minimum Gasteiger partial charge on any atom is -0.298 e. The Morgan fingerprint density at radius 1 is 0.864 bits per heavy atom. The smallest absolute Gasteiger partial charge is 0.150 e. The van der Waals surface area contributed by atoms with Crippen molar-refractivity contribution < 1.29 is 4.79 Å². The second kappa shape index (κ2) is 5.24. The van der Waals surface area contributed by atoms with E-state index in [9.17, 15) is 4.79 Å². The number of halogens is 2. The lowest BCUT2D eigenvalue weighted by atomic mass is 9.96. The summed E-state index contributed by atoms with van der Waals surface area (Å²) in [5, 5.41) is 0.0797. The summed E-state index contributed by atoms with van der Waals surface area (Å²) >= 11 is 12.0. The van der Waals surface area contributed by atoms with Crippen molar-refractivity contribution in [2.75, 3.05) is 0 Å². The number of hydrogen-bond donors (Lipinski definition) is 0. The van der Waals surface area contributed by atoms with Crippen molar-refractivity contribution in [1.82, 2.24) is 0 Å². The summed E-state index contributed by atoms with van der Waals surface area (Å²) in [6, 6.07) is 0. The first-order chi connectivity index (χ1) is 10.1. The fourth-order valence-electron chi connectivity index (χ4n) is 4.96. The average molecular weight is 343 g/mol. The standard InChI is InChI=1S/C10H15Cl.C9H13ClO/c1-6-4-7-8(5-9(6)11)10(7,2)3;1-9(2)5-3-7(10)8(11)4-6(5)9/h7-9H,1,4-5H2,2-3H3;5-7H,3-4H2,1-2H3/t7-,8+,9+;5-,6+,7-/m01/s1. The molecule has 0 spiro atoms. The lowest BCUT2D eigenvalue weighted by Gasteiger charge is -2.16. The molecule has 4 saturated carbocycles. The Bertz CT molecular complexity index is 462. The van der Waals surface area contributed by atoms with Gasteiger partial charge in [-0.1, -0.05) is 39.8 Å². The summed E-state index contributed by atoms with van der Waals surface area (Å²) in [4.78, 5) is 11.2. The molecular weight excluding hydrogens is 315 g/mol. The van der Waals surface area contributed by atoms with E-state index < -0.39 is 0 Å². The highest BCUT2D eigenvalue weighted by molar-refractivity contribution is 6.31. The fraction of sp³-hybridized carbons (Fsp3) is 0.842. The Kier molecular flexibility index (Phi) is 4.01. The predicted molar refractivity (Wildman–Crippen MR) is 93.4 cm³/mol. The van der Waals surface area contributed by atoms with Crippen LogP contribution in [0.4, 0.5) is 0 Å². The van der Waals surface area contributed by atoms with Gasteiger partial charge in [0.2, 0.25) is 0 Å². The van der Waals surface area contributed by atoms with Gasteiger partial charge in [0.1, 0.15) is 0 Å². The van der Waals surface area contributed by atoms with Gasteiger partial charge < -0.3 is 0 Å². The molecule has 4 rings (SSSR count). The van der Waals surface area contributed by atoms with Gasteiger partial charge in [-0.05, 0) is 53.8 Å². The molecule has 0 saturated heterocycles. The SMILES string of the molecule is C=C1C[C@H]2[C@@H](C[C@H]1Cl)C2(C)C.CC1(C)[C@@H]2C[C@@H](Cl)C(=O)C[C@@H]21. The summed E-state index contributed by atoms with van der Waals surface area (Å²) in [6.07, 6.45) is 3.98. The van der Waals surface area contributed by atoms with E-state index in [-0.39, 0.29) is 16.5 Å². The summed E-state index contributed by atoms with van der Waals surface area (Å²) in [6.45, 7) is 13.2. The molecule has 124 valence electrons. The number of ketones is 1. The summed E-state index contributed by atoms with van der Waals surface area (Å²) in [5.41, 5.74) is 2.23. The van der Waals surface area contributed by atoms with Crippen molar-refractivity contribution in [3.05, 3.63) is 12.2 Å². The van der Waals surface area contributed by atoms with Crippen LogP contribution in [-0.4, -0.2) is 16.5 Å². The van der Waals surface area contributed by atoms with Crippen molar-refractivity contribution in [3.63, 3.8) is 0 Å². The Labute approximate surface area is 144 Å². The van der Waals surface area contributed by atoms with Crippen molar-refractivity contribution in [2.24, 2.45) is 34.5 Å². The zero-order valence-corrected chi connectivity index (χ0v) is 15.7. The van der Waals surface area contributed by atoms with E-state index in [0.29, 0.717) is 16.7 Å². The molecule has 0 N–H and O–H groups in total. The molecule has 0 amide bonds. The highest BCUT2D eigenvalue weighted by Crippen LogP contribution is 2.66. The average Bonchev–Trinajstić information content (AvgIpc) is 3.14. The van der Waals surface area contributed by atoms with Gasteiger partial charge in [-0.25, -0.2) is 0 Å². The lowest BCUT2D eigenvalue weighted by Crippen LogP contribution is -2.20. The van der Waals surface area contributed by atoms with Crippen LogP contribution in [0.2, 0.25) is 0 Å². The quantitative estimate of drug-likeness (QED) is 0.422. The number of hydrogen-bond acceptors (Lipinski definition) is 1. The van der Waals surface area contributed by atoms with Gasteiger partial charge in [0.05, 0.1) is 10.8 Å². The maximum absolute atomic E-state index is 11.2. The molecule has 0 aromatic carbocycles. The largest absolute Gasteiger partial charge is 0.298 e. The first-order valence-electron chi connectivity index (χ1n) is 8.55. The maximum Gasteiger partial charge on any atom is 0.150 e. The van der Waals surface area contributed by atoms with Gasteiger partial charge in [0.25, 0.3) is 0 Å². The zero-order chi connectivity index (χ0) is 16.4. The van der Waals surface area contributed by atoms with Crippen molar-refractivity contribution in [2.45, 2.75) is 64.1 Å². The van der Waals surface area contributed by atoms with E-state index >= 15 is 0 Å². The number of alkyl halides is 2. The zero-order valence-electron chi connectivity index (χ0n) is 14.2. The number of Topliss-reactive ketones (excluding diaryl/α,β-unsaturated/α-hetero) is 1. The third kappa shape index (κ3) is 2.67. The van der Waals surface area contributed by atoms with Gasteiger partial charge in [0.15, 0.2) is 5.78 Å². The molecular formula is C19H28Cl2O. The van der Waals surface area contributed by atoms with Crippen molar-refractivity contribution in [1.29, 1.82) is 0 Å². The van der Waals surface area contributed by atoms with E-state index in [0.717, 1.165) is 37.0 Å². The number of allylic oxidation sites excluding steroid dienone is 1. The van der Waals surface area contributed by atoms with E-state index in [2.05, 4.69) is 34.3 Å². The van der Waals surface area contributed by atoms with Gasteiger partial charge >= 0.3 is 0 Å². The van der Waals surface area contributed by atoms with Crippen LogP contribution >= 0.6 is 23.2 Å². The lowest BCUT2D eigenvalue weighted by molar-refractivity contribution is -0.120. The molecule has 3 heteroatoms. The Balaban J connectivity index is 0.000000131. The van der Waals surface area contributed by atoms with E-state index in [1.54, 1.807) is 0 Å². The highest BCUT2D eigenvalue weighted by atomic mass is 35.5. The molecule has 0 unspecified atom stereocenters. The number of fused-ring (bicyclic) bond motifs is 2. The normalized spacial score (nSPS) is 46.8. The third-order valence-corrected chi connectivity index (χ3v) is 8.10. The van der Waals surface area contributed by atoms with Crippen LogP contribution in [0.5, 0.6) is 0 Å². The van der Waals surface area contributed by atoms with Gasteiger partial charge in [-0.3, -0.25) is 4.79 Å². The first-order valence-corrected chi connectivity index (χ1v) is 9.42. The minimum absolute atomic E-state index is 0.182. The van der Waals surface area contributed by atoms with Gasteiger partial charge in [-0.15, -0.1) is 23.2 Å². The topological polar surface area (TPSA) is 17.1 Å². The molecule has 0 aromatic rings. The Hall–Kier alpha value is -0.0100. The molecule has 0 aliphatic heterocycles. The number of carbonyl (C=O) groups is 1. The fourth-order valence-corrected chi connectivity index (χ4v) is 5.52. The monoisotopic (exact) mass is 342 g/mol. The number of rotatable bonds is 0. The summed E-state index contributed by atoms with van der Waals surface area (Å²) < 4.78 is 0. The molecule has 22 heavy (non-hydrogen) atoms. The second-order valence-electron chi connectivity index (χ2n) is 9.01. The molecule has 4 fully saturated rings. The third-order valence-electron chi connectivity index (χ3n) is 7.19. The van der Waals surface area contributed by atoms with Crippen LogP contribution in [0.3, 0.4) is 0 Å². The molecule has 0 heterocycles. The molecule has 0 bridgehead atoms. The molecule has 0 aromatic heterocycles. The first kappa shape index (κ1) is 16.8. The van der Waals surface area contributed by atoms with E-state index in [1.807, 2.05) is 0 Å². The molecule has 4 aliphatic carbocycles. The van der Waals surface area contributed by atoms with E-state index in [4.69, 9.17) is 23.2 Å². The van der Waals surface area contributed by atoms with Crippen LogP contribution in [0.25, 0.3) is 0 Å². The molecule has 0 radical (unpaired) electrons. The molecule has 6 atom stereocenters. The summed E-state index contributed by atoms with van der Waals surface area (Å²) in [7, 11) is 0. The minimum atomic E-state index is -0.182.